The van der Waals surface area contributed by atoms with Gasteiger partial charge in [-0.3, -0.25) is 14.4 Å². The Morgan fingerprint density at radius 3 is 2.55 bits per heavy atom. The fourth-order valence-corrected chi connectivity index (χ4v) is 3.57. The van der Waals surface area contributed by atoms with E-state index in [1.807, 2.05) is 37.3 Å². The summed E-state index contributed by atoms with van der Waals surface area (Å²) in [6, 6.07) is 9.35. The number of H-pyrrole nitrogens is 2. The third kappa shape index (κ3) is 3.97. The molecule has 0 saturated carbocycles. The lowest BCUT2D eigenvalue weighted by Crippen LogP contribution is -2.18. The topological polar surface area (TPSA) is 116 Å². The van der Waals surface area contributed by atoms with Gasteiger partial charge in [0.05, 0.1) is 0 Å². The zero-order chi connectivity index (χ0) is 21.1. The number of carbonyl (C=O) groups is 2. The summed E-state index contributed by atoms with van der Waals surface area (Å²) < 4.78 is 5.17. The van der Waals surface area contributed by atoms with Crippen molar-refractivity contribution in [3.8, 4) is 6.07 Å². The molecule has 2 aromatic heterocycles. The Kier molecular flexibility index (Phi) is 5.64. The van der Waals surface area contributed by atoms with Gasteiger partial charge in [0.2, 0.25) is 5.78 Å². The second-order valence-corrected chi connectivity index (χ2v) is 6.92. The van der Waals surface area contributed by atoms with Gasteiger partial charge in [-0.1, -0.05) is 18.2 Å². The number of nitriles is 1. The summed E-state index contributed by atoms with van der Waals surface area (Å²) >= 11 is 0. The quantitative estimate of drug-likeness (QED) is 0.495. The first-order valence-electron chi connectivity index (χ1n) is 9.22. The highest BCUT2D eigenvalue weighted by Crippen LogP contribution is 2.22. The van der Waals surface area contributed by atoms with Crippen LogP contribution in [0.1, 0.15) is 44.9 Å². The third-order valence-corrected chi connectivity index (χ3v) is 5.04. The summed E-state index contributed by atoms with van der Waals surface area (Å²) in [7, 11) is 0. The molecule has 3 rings (SSSR count). The fourth-order valence-electron chi connectivity index (χ4n) is 3.57. The molecule has 0 unspecified atom stereocenters. The largest absolute Gasteiger partial charge is 0.457 e. The number of ether oxygens (including phenoxy) is 1. The smallest absolute Gasteiger partial charge is 0.306 e. The van der Waals surface area contributed by atoms with Gasteiger partial charge in [-0.25, -0.2) is 0 Å². The Labute approximate surface area is 167 Å². The van der Waals surface area contributed by atoms with Crippen LogP contribution in [0.5, 0.6) is 0 Å². The number of pyridine rings is 1. The molecule has 0 spiro atoms. The number of aromatic amines is 2. The number of aryl methyl sites for hydroxylation is 2. The second kappa shape index (κ2) is 8.15. The molecule has 2 heterocycles. The molecule has 2 N–H and O–H groups in total. The molecule has 7 nitrogen and oxygen atoms in total. The van der Waals surface area contributed by atoms with E-state index in [1.54, 1.807) is 13.8 Å². The molecular formula is C22H21N3O4. The first kappa shape index (κ1) is 20.1. The maximum absolute atomic E-state index is 12.6. The van der Waals surface area contributed by atoms with Gasteiger partial charge in [0.25, 0.3) is 5.56 Å². The molecular weight excluding hydrogens is 370 g/mol. The van der Waals surface area contributed by atoms with Gasteiger partial charge in [-0.15, -0.1) is 0 Å². The first-order chi connectivity index (χ1) is 13.8. The monoisotopic (exact) mass is 391 g/mol. The minimum Gasteiger partial charge on any atom is -0.457 e. The number of rotatable bonds is 6. The molecule has 0 amide bonds. The lowest BCUT2D eigenvalue weighted by molar-refractivity contribution is -0.142. The number of para-hydroxylation sites is 1. The van der Waals surface area contributed by atoms with E-state index in [0.29, 0.717) is 23.2 Å². The van der Waals surface area contributed by atoms with Crippen LogP contribution in [0.2, 0.25) is 0 Å². The van der Waals surface area contributed by atoms with Crippen LogP contribution in [-0.2, 0) is 16.0 Å². The highest BCUT2D eigenvalue weighted by molar-refractivity contribution is 6.10. The van der Waals surface area contributed by atoms with E-state index < -0.39 is 11.5 Å². The molecule has 0 atom stereocenters. The number of nitrogens with one attached hydrogen (secondary N) is 2. The van der Waals surface area contributed by atoms with Gasteiger partial charge >= 0.3 is 5.97 Å². The SMILES string of the molecule is Cc1[nH]c(=O)c(C#N)c(C)c1CCC(=O)OCC(=O)c1c(C)[nH]c2ccccc12. The second-order valence-electron chi connectivity index (χ2n) is 6.92. The Morgan fingerprint density at radius 2 is 1.83 bits per heavy atom. The van der Waals surface area contributed by atoms with Crippen LogP contribution < -0.4 is 5.56 Å². The predicted molar refractivity (Wildman–Crippen MR) is 108 cm³/mol. The molecule has 0 bridgehead atoms. The van der Waals surface area contributed by atoms with Crippen LogP contribution in [0.15, 0.2) is 29.1 Å². The van der Waals surface area contributed by atoms with E-state index in [2.05, 4.69) is 9.97 Å². The zero-order valence-electron chi connectivity index (χ0n) is 16.5. The van der Waals surface area contributed by atoms with Crippen LogP contribution >= 0.6 is 0 Å². The molecule has 0 aliphatic rings. The summed E-state index contributed by atoms with van der Waals surface area (Å²) in [6.45, 7) is 4.88. The fraction of sp³-hybridized carbons (Fsp3) is 0.273. The van der Waals surface area contributed by atoms with Gasteiger partial charge in [-0.2, -0.15) is 5.26 Å². The lowest BCUT2D eigenvalue weighted by Gasteiger charge is -2.10. The van der Waals surface area contributed by atoms with Gasteiger partial charge < -0.3 is 14.7 Å². The molecule has 0 saturated heterocycles. The number of benzene rings is 1. The average Bonchev–Trinajstić information content (AvgIpc) is 3.01. The molecule has 148 valence electrons. The Hall–Kier alpha value is -3.66. The van der Waals surface area contributed by atoms with Crippen LogP contribution in [-0.4, -0.2) is 28.3 Å². The third-order valence-electron chi connectivity index (χ3n) is 5.04. The zero-order valence-corrected chi connectivity index (χ0v) is 16.5. The molecule has 3 aromatic rings. The van der Waals surface area contributed by atoms with Gasteiger partial charge in [0.15, 0.2) is 6.61 Å². The number of carbonyl (C=O) groups excluding carboxylic acids is 2. The van der Waals surface area contributed by atoms with Crippen LogP contribution in [0.3, 0.4) is 0 Å². The van der Waals surface area contributed by atoms with Crippen molar-refractivity contribution in [1.82, 2.24) is 9.97 Å². The molecule has 0 radical (unpaired) electrons. The normalized spacial score (nSPS) is 10.7. The Bertz CT molecular complexity index is 1210. The summed E-state index contributed by atoms with van der Waals surface area (Å²) in [5.74, 6) is -0.782. The number of hydrogen-bond donors (Lipinski definition) is 2. The number of Topliss-reactive ketones (excluding diaryl/α,β-unsaturated/α-hetero) is 1. The molecule has 0 aliphatic heterocycles. The van der Waals surface area contributed by atoms with Crippen molar-refractivity contribution in [3.63, 3.8) is 0 Å². The van der Waals surface area contributed by atoms with E-state index in [0.717, 1.165) is 22.2 Å². The first-order valence-corrected chi connectivity index (χ1v) is 9.22. The van der Waals surface area contributed by atoms with Crippen LogP contribution in [0.4, 0.5) is 0 Å². The number of aromatic nitrogens is 2. The average molecular weight is 391 g/mol. The van der Waals surface area contributed by atoms with Crippen LogP contribution in [0.25, 0.3) is 10.9 Å². The number of nitrogens with zero attached hydrogens (tertiary/aromatic N) is 1. The van der Waals surface area contributed by atoms with Gasteiger partial charge in [0, 0.05) is 34.3 Å². The number of fused-ring (bicyclic) bond motifs is 1. The molecule has 1 aromatic carbocycles. The summed E-state index contributed by atoms with van der Waals surface area (Å²) in [6.07, 6.45) is 0.348. The minimum absolute atomic E-state index is 0.0404. The van der Waals surface area contributed by atoms with E-state index in [4.69, 9.17) is 10.00 Å². The number of ketones is 1. The summed E-state index contributed by atoms with van der Waals surface area (Å²) in [5, 5.41) is 9.92. The maximum atomic E-state index is 12.6. The Morgan fingerprint density at radius 1 is 1.10 bits per heavy atom. The van der Waals surface area contributed by atoms with Crippen molar-refractivity contribution in [2.45, 2.75) is 33.6 Å². The Balaban J connectivity index is 1.65. The van der Waals surface area contributed by atoms with Crippen molar-refractivity contribution in [3.05, 3.63) is 68.3 Å². The van der Waals surface area contributed by atoms with Crippen molar-refractivity contribution in [2.75, 3.05) is 6.61 Å². The van der Waals surface area contributed by atoms with E-state index >= 15 is 0 Å². The number of hydrogen-bond acceptors (Lipinski definition) is 5. The van der Waals surface area contributed by atoms with E-state index in [-0.39, 0.29) is 24.4 Å². The standard InChI is InChI=1S/C22H21N3O4/c1-12-15(13(2)25-22(28)17(12)10-23)8-9-20(27)29-11-19(26)21-14(3)24-18-7-5-4-6-16(18)21/h4-7,24H,8-9,11H2,1-3H3,(H,25,28). The van der Waals surface area contributed by atoms with Crippen molar-refractivity contribution < 1.29 is 14.3 Å². The predicted octanol–water partition coefficient (Wildman–Crippen LogP) is 3.01. The maximum Gasteiger partial charge on any atom is 0.306 e. The van der Waals surface area contributed by atoms with Crippen molar-refractivity contribution in [1.29, 1.82) is 5.26 Å². The lowest BCUT2D eigenvalue weighted by atomic mass is 9.99. The van der Waals surface area contributed by atoms with E-state index in [1.165, 1.54) is 0 Å². The van der Waals surface area contributed by atoms with E-state index in [9.17, 15) is 14.4 Å². The summed E-state index contributed by atoms with van der Waals surface area (Å²) in [5.41, 5.74) is 3.64. The van der Waals surface area contributed by atoms with Gasteiger partial charge in [0.1, 0.15) is 11.6 Å². The van der Waals surface area contributed by atoms with Gasteiger partial charge in [-0.05, 0) is 44.4 Å². The summed E-state index contributed by atoms with van der Waals surface area (Å²) in [4.78, 5) is 42.3. The highest BCUT2D eigenvalue weighted by Gasteiger charge is 2.18. The molecule has 0 fully saturated rings. The minimum atomic E-state index is -0.514. The molecule has 7 heteroatoms. The van der Waals surface area contributed by atoms with Crippen molar-refractivity contribution >= 4 is 22.7 Å². The molecule has 0 aliphatic carbocycles. The highest BCUT2D eigenvalue weighted by atomic mass is 16.5. The van der Waals surface area contributed by atoms with Crippen LogP contribution in [0, 0.1) is 32.1 Å². The molecule has 29 heavy (non-hydrogen) atoms. The number of esters is 1. The van der Waals surface area contributed by atoms with Crippen molar-refractivity contribution in [2.24, 2.45) is 0 Å².